The Balaban J connectivity index is 2.07. The van der Waals surface area contributed by atoms with Gasteiger partial charge in [-0.15, -0.1) is 0 Å². The molecule has 0 aliphatic carbocycles. The molecule has 7 heteroatoms. The third-order valence-electron chi connectivity index (χ3n) is 3.27. The van der Waals surface area contributed by atoms with E-state index >= 15 is 0 Å². The average Bonchev–Trinajstić information content (AvgIpc) is 2.91. The first-order chi connectivity index (χ1) is 9.49. The van der Waals surface area contributed by atoms with Crippen molar-refractivity contribution in [3.05, 3.63) is 39.4 Å². The van der Waals surface area contributed by atoms with Crippen LogP contribution in [-0.2, 0) is 0 Å². The van der Waals surface area contributed by atoms with Crippen molar-refractivity contribution < 1.29 is 9.72 Å². The lowest BCUT2D eigenvalue weighted by molar-refractivity contribution is -0.385. The van der Waals surface area contributed by atoms with Gasteiger partial charge in [0.15, 0.2) is 5.11 Å². The first kappa shape index (κ1) is 14.4. The molecule has 6 nitrogen and oxygen atoms in total. The molecule has 1 aliphatic rings. The summed E-state index contributed by atoms with van der Waals surface area (Å²) in [5, 5.41) is 13.8. The molecule has 1 aromatic carbocycles. The summed E-state index contributed by atoms with van der Waals surface area (Å²) in [6.07, 6.45) is 2.15. The summed E-state index contributed by atoms with van der Waals surface area (Å²) in [5.74, 6) is -0.333. The van der Waals surface area contributed by atoms with Crippen LogP contribution in [0.25, 0.3) is 0 Å². The largest absolute Gasteiger partial charge is 0.349 e. The maximum absolute atomic E-state index is 12.1. The second-order valence-corrected chi connectivity index (χ2v) is 5.10. The Morgan fingerprint density at radius 2 is 2.05 bits per heavy atom. The van der Waals surface area contributed by atoms with Crippen molar-refractivity contribution in [2.45, 2.75) is 19.8 Å². The molecule has 1 aliphatic heterocycles. The molecule has 1 amide bonds. The van der Waals surface area contributed by atoms with Gasteiger partial charge in [-0.2, -0.15) is 0 Å². The second kappa shape index (κ2) is 5.96. The molecule has 106 valence electrons. The number of carbonyl (C=O) groups is 1. The van der Waals surface area contributed by atoms with Crippen molar-refractivity contribution >= 4 is 28.9 Å². The van der Waals surface area contributed by atoms with Gasteiger partial charge in [0.25, 0.3) is 11.6 Å². The first-order valence-corrected chi connectivity index (χ1v) is 6.75. The van der Waals surface area contributed by atoms with E-state index in [1.54, 1.807) is 6.92 Å². The lowest BCUT2D eigenvalue weighted by Crippen LogP contribution is -2.41. The van der Waals surface area contributed by atoms with Gasteiger partial charge in [-0.3, -0.25) is 20.2 Å². The number of amides is 1. The van der Waals surface area contributed by atoms with Gasteiger partial charge < -0.3 is 4.90 Å². The number of nitro benzene ring substituents is 1. The maximum atomic E-state index is 12.1. The minimum absolute atomic E-state index is 0.00340. The van der Waals surface area contributed by atoms with E-state index in [1.165, 1.54) is 18.2 Å². The lowest BCUT2D eigenvalue weighted by Gasteiger charge is -2.18. The fourth-order valence-corrected chi connectivity index (χ4v) is 2.45. The van der Waals surface area contributed by atoms with Crippen LogP contribution in [0.3, 0.4) is 0 Å². The molecule has 0 saturated carbocycles. The molecule has 0 atom stereocenters. The number of hydrogen-bond donors (Lipinski definition) is 1. The maximum Gasteiger partial charge on any atom is 0.272 e. The van der Waals surface area contributed by atoms with Crippen molar-refractivity contribution in [3.8, 4) is 0 Å². The number of nitrogens with one attached hydrogen (secondary N) is 1. The summed E-state index contributed by atoms with van der Waals surface area (Å²) in [4.78, 5) is 24.3. The molecule has 1 fully saturated rings. The number of nitrogens with zero attached hydrogens (tertiary/aromatic N) is 2. The molecule has 0 aromatic heterocycles. The fourth-order valence-electron chi connectivity index (χ4n) is 2.17. The molecule has 1 aromatic rings. The number of thiocarbonyl (C=S) groups is 1. The quantitative estimate of drug-likeness (QED) is 0.513. The summed E-state index contributed by atoms with van der Waals surface area (Å²) in [5.41, 5.74) is 0.827. The van der Waals surface area contributed by atoms with Gasteiger partial charge in [0, 0.05) is 30.3 Å². The highest BCUT2D eigenvalue weighted by atomic mass is 32.1. The zero-order valence-electron chi connectivity index (χ0n) is 11.1. The van der Waals surface area contributed by atoms with E-state index in [1.807, 2.05) is 4.90 Å². The predicted molar refractivity (Wildman–Crippen MR) is 78.7 cm³/mol. The minimum Gasteiger partial charge on any atom is -0.349 e. The van der Waals surface area contributed by atoms with Gasteiger partial charge in [0.1, 0.15) is 0 Å². The third-order valence-corrected chi connectivity index (χ3v) is 3.63. The highest BCUT2D eigenvalue weighted by Crippen LogP contribution is 2.18. The summed E-state index contributed by atoms with van der Waals surface area (Å²) < 4.78 is 0. The number of carbonyl (C=O) groups excluding carboxylic acids is 1. The average molecular weight is 293 g/mol. The molecular formula is C13H15N3O3S. The van der Waals surface area contributed by atoms with Crippen molar-refractivity contribution in [2.24, 2.45) is 0 Å². The molecule has 1 N–H and O–H groups in total. The van der Waals surface area contributed by atoms with Gasteiger partial charge in [0.2, 0.25) is 0 Å². The van der Waals surface area contributed by atoms with Crippen LogP contribution in [0.5, 0.6) is 0 Å². The van der Waals surface area contributed by atoms with Crippen molar-refractivity contribution in [1.29, 1.82) is 0 Å². The van der Waals surface area contributed by atoms with Gasteiger partial charge in [-0.1, -0.05) is 0 Å². The van der Waals surface area contributed by atoms with E-state index in [2.05, 4.69) is 5.32 Å². The van der Waals surface area contributed by atoms with Gasteiger partial charge in [0.05, 0.1) is 4.92 Å². The number of likely N-dealkylation sites (tertiary alicyclic amines) is 1. The second-order valence-electron chi connectivity index (χ2n) is 4.71. The summed E-state index contributed by atoms with van der Waals surface area (Å²) in [7, 11) is 0. The number of benzene rings is 1. The van der Waals surface area contributed by atoms with Gasteiger partial charge in [-0.25, -0.2) is 0 Å². The normalized spacial score (nSPS) is 14.2. The van der Waals surface area contributed by atoms with Crippen LogP contribution in [0.4, 0.5) is 5.69 Å². The van der Waals surface area contributed by atoms with E-state index in [0.29, 0.717) is 16.2 Å². The highest BCUT2D eigenvalue weighted by Gasteiger charge is 2.18. The third kappa shape index (κ3) is 3.11. The van der Waals surface area contributed by atoms with Gasteiger partial charge >= 0.3 is 0 Å². The summed E-state index contributed by atoms with van der Waals surface area (Å²) in [6.45, 7) is 3.32. The van der Waals surface area contributed by atoms with E-state index in [9.17, 15) is 14.9 Å². The molecule has 20 heavy (non-hydrogen) atoms. The smallest absolute Gasteiger partial charge is 0.272 e. The van der Waals surface area contributed by atoms with Crippen molar-refractivity contribution in [1.82, 2.24) is 10.2 Å². The summed E-state index contributed by atoms with van der Waals surface area (Å²) >= 11 is 5.18. The van der Waals surface area contributed by atoms with Crippen LogP contribution in [0.1, 0.15) is 28.8 Å². The van der Waals surface area contributed by atoms with E-state index in [4.69, 9.17) is 12.2 Å². The van der Waals surface area contributed by atoms with Crippen molar-refractivity contribution in [2.75, 3.05) is 13.1 Å². The number of nitro groups is 1. The van der Waals surface area contributed by atoms with E-state index < -0.39 is 4.92 Å². The molecule has 0 bridgehead atoms. The summed E-state index contributed by atoms with van der Waals surface area (Å²) in [6, 6.07) is 4.27. The first-order valence-electron chi connectivity index (χ1n) is 6.34. The monoisotopic (exact) mass is 293 g/mol. The zero-order chi connectivity index (χ0) is 14.7. The Kier molecular flexibility index (Phi) is 4.29. The standard InChI is InChI=1S/C13H15N3O3S/c1-9-8-10(4-5-11(9)16(18)19)12(17)14-13(20)15-6-2-3-7-15/h4-5,8H,2-3,6-7H2,1H3,(H,14,17,20). The molecule has 1 saturated heterocycles. The zero-order valence-corrected chi connectivity index (χ0v) is 11.9. The molecule has 2 rings (SSSR count). The number of hydrogen-bond acceptors (Lipinski definition) is 4. The minimum atomic E-state index is -0.466. The SMILES string of the molecule is Cc1cc(C(=O)NC(=S)N2CCCC2)ccc1[N+](=O)[O-]. The van der Waals surface area contributed by atoms with Crippen LogP contribution < -0.4 is 5.32 Å². The Hall–Kier alpha value is -2.02. The molecular weight excluding hydrogens is 278 g/mol. The molecule has 0 unspecified atom stereocenters. The Bertz CT molecular complexity index is 568. The number of aryl methyl sites for hydroxylation is 1. The molecule has 0 spiro atoms. The fraction of sp³-hybridized carbons (Fsp3) is 0.385. The topological polar surface area (TPSA) is 75.5 Å². The Morgan fingerprint density at radius 3 is 2.60 bits per heavy atom. The lowest BCUT2D eigenvalue weighted by atomic mass is 10.1. The van der Waals surface area contributed by atoms with Crippen molar-refractivity contribution in [3.63, 3.8) is 0 Å². The van der Waals surface area contributed by atoms with E-state index in [-0.39, 0.29) is 11.6 Å². The van der Waals surface area contributed by atoms with Crippen LogP contribution in [0.2, 0.25) is 0 Å². The Labute approximate surface area is 121 Å². The molecule has 1 heterocycles. The molecule has 0 radical (unpaired) electrons. The van der Waals surface area contributed by atoms with Crippen LogP contribution in [0, 0.1) is 17.0 Å². The Morgan fingerprint density at radius 1 is 1.40 bits per heavy atom. The van der Waals surface area contributed by atoms with Crippen LogP contribution >= 0.6 is 12.2 Å². The highest BCUT2D eigenvalue weighted by molar-refractivity contribution is 7.80. The van der Waals surface area contributed by atoms with Gasteiger partial charge in [-0.05, 0) is 44.1 Å². The number of rotatable bonds is 2. The van der Waals surface area contributed by atoms with E-state index in [0.717, 1.165) is 25.9 Å². The van der Waals surface area contributed by atoms with Crippen LogP contribution in [-0.4, -0.2) is 33.9 Å². The predicted octanol–water partition coefficient (Wildman–Crippen LogP) is 2.01. The van der Waals surface area contributed by atoms with Crippen LogP contribution in [0.15, 0.2) is 18.2 Å².